The Kier molecular flexibility index (Phi) is 3.41. The number of halogens is 1. The number of ether oxygens (including phenoxy) is 1. The highest BCUT2D eigenvalue weighted by atomic mass is 19.1. The van der Waals surface area contributed by atoms with E-state index in [0.717, 1.165) is 5.56 Å². The van der Waals surface area contributed by atoms with E-state index in [1.807, 2.05) is 12.1 Å². The topological polar surface area (TPSA) is 48.2 Å². The Morgan fingerprint density at radius 1 is 1.05 bits per heavy atom. The van der Waals surface area contributed by atoms with Gasteiger partial charge in [0.15, 0.2) is 0 Å². The predicted octanol–water partition coefficient (Wildman–Crippen LogP) is 3.45. The third-order valence-corrected chi connectivity index (χ3v) is 2.81. The van der Waals surface area contributed by atoms with E-state index >= 15 is 0 Å². The summed E-state index contributed by atoms with van der Waals surface area (Å²) in [7, 11) is 0. The largest absolute Gasteiger partial charge is 0.489 e. The molecular weight excluding hydrogens is 259 g/mol. The van der Waals surface area contributed by atoms with Gasteiger partial charge in [-0.25, -0.2) is 4.39 Å². The number of benzene rings is 2. The van der Waals surface area contributed by atoms with Crippen molar-refractivity contribution in [3.05, 3.63) is 66.3 Å². The number of aromatic nitrogens is 2. The lowest BCUT2D eigenvalue weighted by molar-refractivity contribution is 0.300. The first-order chi connectivity index (χ1) is 9.83. The highest BCUT2D eigenvalue weighted by Crippen LogP contribution is 2.21. The maximum atomic E-state index is 13.4. The van der Waals surface area contributed by atoms with Crippen LogP contribution in [0.4, 0.5) is 4.39 Å². The second-order valence-corrected chi connectivity index (χ2v) is 4.15. The maximum Gasteiger partial charge on any atom is 0.247 e. The fourth-order valence-electron chi connectivity index (χ4n) is 1.77. The second-order valence-electron chi connectivity index (χ2n) is 4.15. The van der Waals surface area contributed by atoms with E-state index in [1.54, 1.807) is 30.3 Å². The molecule has 0 saturated carbocycles. The summed E-state index contributed by atoms with van der Waals surface area (Å²) in [4.78, 5) is 0. The lowest BCUT2D eigenvalue weighted by Crippen LogP contribution is -1.98. The summed E-state index contributed by atoms with van der Waals surface area (Å²) in [6.45, 7) is 0.187. The van der Waals surface area contributed by atoms with Crippen molar-refractivity contribution in [2.75, 3.05) is 0 Å². The normalized spacial score (nSPS) is 10.4. The van der Waals surface area contributed by atoms with Crippen LogP contribution in [0.2, 0.25) is 0 Å². The van der Waals surface area contributed by atoms with Crippen LogP contribution >= 0.6 is 0 Å². The molecule has 1 heterocycles. The molecule has 0 radical (unpaired) electrons. The molecule has 0 N–H and O–H groups in total. The molecule has 3 rings (SSSR count). The zero-order valence-electron chi connectivity index (χ0n) is 10.5. The van der Waals surface area contributed by atoms with Crippen molar-refractivity contribution in [3.63, 3.8) is 0 Å². The number of hydrogen-bond donors (Lipinski definition) is 0. The molecule has 0 aliphatic rings. The lowest BCUT2D eigenvalue weighted by atomic mass is 10.2. The van der Waals surface area contributed by atoms with Crippen LogP contribution in [-0.2, 0) is 6.61 Å². The third kappa shape index (κ3) is 2.66. The summed E-state index contributed by atoms with van der Waals surface area (Å²) >= 11 is 0. The zero-order chi connectivity index (χ0) is 13.8. The van der Waals surface area contributed by atoms with E-state index in [2.05, 4.69) is 10.2 Å². The molecule has 0 atom stereocenters. The summed E-state index contributed by atoms with van der Waals surface area (Å²) in [5.74, 6) is 0.831. The van der Waals surface area contributed by atoms with Crippen LogP contribution in [0, 0.1) is 5.82 Å². The molecule has 20 heavy (non-hydrogen) atoms. The van der Waals surface area contributed by atoms with Gasteiger partial charge in [0, 0.05) is 11.1 Å². The first-order valence-electron chi connectivity index (χ1n) is 6.06. The first kappa shape index (κ1) is 12.3. The summed E-state index contributed by atoms with van der Waals surface area (Å²) in [5, 5.41) is 7.43. The highest BCUT2D eigenvalue weighted by Gasteiger charge is 2.05. The molecule has 0 fully saturated rings. The van der Waals surface area contributed by atoms with Crippen LogP contribution in [0.15, 0.2) is 59.3 Å². The minimum absolute atomic E-state index is 0.187. The van der Waals surface area contributed by atoms with Gasteiger partial charge in [0.2, 0.25) is 12.3 Å². The van der Waals surface area contributed by atoms with Crippen molar-refractivity contribution in [1.82, 2.24) is 10.2 Å². The van der Waals surface area contributed by atoms with Crippen LogP contribution in [0.25, 0.3) is 11.5 Å². The smallest absolute Gasteiger partial charge is 0.247 e. The van der Waals surface area contributed by atoms with Crippen molar-refractivity contribution in [3.8, 4) is 17.2 Å². The molecular formula is C15H11FN2O2. The molecule has 5 heteroatoms. The van der Waals surface area contributed by atoms with Crippen molar-refractivity contribution in [2.45, 2.75) is 6.61 Å². The van der Waals surface area contributed by atoms with Gasteiger partial charge in [-0.3, -0.25) is 0 Å². The van der Waals surface area contributed by atoms with Gasteiger partial charge in [0.25, 0.3) is 0 Å². The monoisotopic (exact) mass is 270 g/mol. The molecule has 0 unspecified atom stereocenters. The Morgan fingerprint density at radius 3 is 2.55 bits per heavy atom. The van der Waals surface area contributed by atoms with Gasteiger partial charge in [-0.2, -0.15) is 0 Å². The molecule has 0 spiro atoms. The Balaban J connectivity index is 1.68. The minimum Gasteiger partial charge on any atom is -0.489 e. The molecule has 3 aromatic rings. The Bertz CT molecular complexity index is 681. The van der Waals surface area contributed by atoms with Crippen LogP contribution in [0.5, 0.6) is 5.75 Å². The summed E-state index contributed by atoms with van der Waals surface area (Å²) in [6.07, 6.45) is 1.28. The molecule has 0 amide bonds. The molecule has 100 valence electrons. The average Bonchev–Trinajstić information content (AvgIpc) is 3.01. The highest BCUT2D eigenvalue weighted by molar-refractivity contribution is 5.53. The molecule has 0 saturated heterocycles. The van der Waals surface area contributed by atoms with Crippen LogP contribution in [0.3, 0.4) is 0 Å². The number of hydrogen-bond acceptors (Lipinski definition) is 4. The zero-order valence-corrected chi connectivity index (χ0v) is 10.5. The molecule has 0 bridgehead atoms. The van der Waals surface area contributed by atoms with E-state index in [4.69, 9.17) is 9.15 Å². The van der Waals surface area contributed by atoms with Crippen LogP contribution in [-0.4, -0.2) is 10.2 Å². The quantitative estimate of drug-likeness (QED) is 0.728. The van der Waals surface area contributed by atoms with Crippen molar-refractivity contribution in [2.24, 2.45) is 0 Å². The van der Waals surface area contributed by atoms with E-state index in [0.29, 0.717) is 17.2 Å². The van der Waals surface area contributed by atoms with Gasteiger partial charge >= 0.3 is 0 Å². The predicted molar refractivity (Wildman–Crippen MR) is 70.5 cm³/mol. The molecule has 1 aromatic heterocycles. The van der Waals surface area contributed by atoms with Gasteiger partial charge in [-0.05, 0) is 30.3 Å². The standard InChI is InChI=1S/C15H11FN2O2/c16-14-4-2-1-3-12(14)9-19-13-7-5-11(6-8-13)15-18-17-10-20-15/h1-8,10H,9H2. The summed E-state index contributed by atoms with van der Waals surface area (Å²) in [5.41, 5.74) is 1.33. The molecule has 0 aliphatic heterocycles. The summed E-state index contributed by atoms with van der Waals surface area (Å²) < 4.78 is 24.1. The lowest BCUT2D eigenvalue weighted by Gasteiger charge is -2.07. The van der Waals surface area contributed by atoms with Gasteiger partial charge in [-0.1, -0.05) is 18.2 Å². The first-order valence-corrected chi connectivity index (χ1v) is 6.06. The molecule has 2 aromatic carbocycles. The van der Waals surface area contributed by atoms with E-state index in [9.17, 15) is 4.39 Å². The van der Waals surface area contributed by atoms with E-state index in [1.165, 1.54) is 12.5 Å². The van der Waals surface area contributed by atoms with Crippen molar-refractivity contribution >= 4 is 0 Å². The van der Waals surface area contributed by atoms with E-state index < -0.39 is 0 Å². The number of nitrogens with zero attached hydrogens (tertiary/aromatic N) is 2. The Labute approximate surface area is 114 Å². The fraction of sp³-hybridized carbons (Fsp3) is 0.0667. The van der Waals surface area contributed by atoms with Gasteiger partial charge in [0.1, 0.15) is 18.2 Å². The van der Waals surface area contributed by atoms with E-state index in [-0.39, 0.29) is 12.4 Å². The maximum absolute atomic E-state index is 13.4. The van der Waals surface area contributed by atoms with Gasteiger partial charge in [-0.15, -0.1) is 10.2 Å². The Morgan fingerprint density at radius 2 is 1.85 bits per heavy atom. The summed E-state index contributed by atoms with van der Waals surface area (Å²) in [6, 6.07) is 13.7. The Hall–Kier alpha value is -2.69. The van der Waals surface area contributed by atoms with Crippen LogP contribution < -0.4 is 4.74 Å². The fourth-order valence-corrected chi connectivity index (χ4v) is 1.77. The average molecular weight is 270 g/mol. The molecule has 0 aliphatic carbocycles. The molecule has 4 nitrogen and oxygen atoms in total. The third-order valence-electron chi connectivity index (χ3n) is 2.81. The van der Waals surface area contributed by atoms with Crippen LogP contribution in [0.1, 0.15) is 5.56 Å². The second kappa shape index (κ2) is 5.52. The van der Waals surface area contributed by atoms with Gasteiger partial charge in [0.05, 0.1) is 0 Å². The number of rotatable bonds is 4. The van der Waals surface area contributed by atoms with Crippen molar-refractivity contribution in [1.29, 1.82) is 0 Å². The SMILES string of the molecule is Fc1ccccc1COc1ccc(-c2nnco2)cc1. The van der Waals surface area contributed by atoms with Gasteiger partial charge < -0.3 is 9.15 Å². The van der Waals surface area contributed by atoms with Crippen molar-refractivity contribution < 1.29 is 13.5 Å². The minimum atomic E-state index is -0.269.